The number of benzene rings is 1. The monoisotopic (exact) mass is 292 g/mol. The molecule has 1 saturated heterocycles. The Morgan fingerprint density at radius 1 is 1.30 bits per heavy atom. The van der Waals surface area contributed by atoms with E-state index in [1.54, 1.807) is 0 Å². The maximum Gasteiger partial charge on any atom is 0.0409 e. The summed E-state index contributed by atoms with van der Waals surface area (Å²) in [6.45, 7) is 5.62. The first-order valence-corrected chi connectivity index (χ1v) is 8.29. The lowest BCUT2D eigenvalue weighted by molar-refractivity contribution is 0.00618. The second-order valence-corrected chi connectivity index (χ2v) is 7.01. The molecule has 1 heterocycles. The van der Waals surface area contributed by atoms with E-state index in [4.69, 9.17) is 11.6 Å². The van der Waals surface area contributed by atoms with E-state index in [1.807, 2.05) is 6.07 Å². The summed E-state index contributed by atoms with van der Waals surface area (Å²) in [6, 6.07) is 8.93. The van der Waals surface area contributed by atoms with Gasteiger partial charge in [-0.05, 0) is 37.5 Å². The molecular formula is C17H25ClN2. The van der Waals surface area contributed by atoms with Gasteiger partial charge in [0.05, 0.1) is 0 Å². The quantitative estimate of drug-likeness (QED) is 0.891. The number of nitrogens with zero attached hydrogens (tertiary/aromatic N) is 1. The zero-order valence-corrected chi connectivity index (χ0v) is 13.1. The molecule has 2 fully saturated rings. The molecule has 3 rings (SSSR count). The Labute approximate surface area is 127 Å². The van der Waals surface area contributed by atoms with Crippen molar-refractivity contribution < 1.29 is 0 Å². The third kappa shape index (κ3) is 3.03. The second kappa shape index (κ2) is 6.05. The molecule has 0 bridgehead atoms. The predicted molar refractivity (Wildman–Crippen MR) is 85.1 cm³/mol. The largest absolute Gasteiger partial charge is 0.311 e. The molecule has 110 valence electrons. The lowest BCUT2D eigenvalue weighted by atomic mass is 9.78. The zero-order valence-electron chi connectivity index (χ0n) is 12.4. The maximum absolute atomic E-state index is 6.14. The summed E-state index contributed by atoms with van der Waals surface area (Å²) < 4.78 is 0. The van der Waals surface area contributed by atoms with E-state index in [-0.39, 0.29) is 0 Å². The van der Waals surface area contributed by atoms with E-state index < -0.39 is 0 Å². The first-order chi connectivity index (χ1) is 9.68. The Morgan fingerprint density at radius 2 is 2.10 bits per heavy atom. The van der Waals surface area contributed by atoms with Crippen molar-refractivity contribution in [3.8, 4) is 0 Å². The van der Waals surface area contributed by atoms with Gasteiger partial charge in [0.15, 0.2) is 0 Å². The van der Waals surface area contributed by atoms with Crippen molar-refractivity contribution in [3.63, 3.8) is 0 Å². The molecule has 2 nitrogen and oxygen atoms in total. The Balaban J connectivity index is 1.79. The van der Waals surface area contributed by atoms with E-state index in [2.05, 4.69) is 35.3 Å². The lowest BCUT2D eigenvalue weighted by Crippen LogP contribution is -2.64. The van der Waals surface area contributed by atoms with Gasteiger partial charge in [-0.3, -0.25) is 4.90 Å². The van der Waals surface area contributed by atoms with Crippen molar-refractivity contribution in [1.29, 1.82) is 0 Å². The number of rotatable bonds is 2. The number of piperazine rings is 1. The first-order valence-electron chi connectivity index (χ1n) is 7.91. The minimum atomic E-state index is 0.382. The van der Waals surface area contributed by atoms with Crippen LogP contribution >= 0.6 is 11.6 Å². The summed E-state index contributed by atoms with van der Waals surface area (Å²) >= 11 is 6.14. The van der Waals surface area contributed by atoms with Crippen LogP contribution in [0.4, 0.5) is 0 Å². The normalized spacial score (nSPS) is 26.8. The summed E-state index contributed by atoms with van der Waals surface area (Å²) in [7, 11) is 0. The van der Waals surface area contributed by atoms with Crippen LogP contribution in [0.2, 0.25) is 5.02 Å². The van der Waals surface area contributed by atoms with Crippen LogP contribution < -0.4 is 5.32 Å². The van der Waals surface area contributed by atoms with Crippen LogP contribution in [0, 0.1) is 0 Å². The molecule has 1 saturated carbocycles. The van der Waals surface area contributed by atoms with Gasteiger partial charge in [-0.15, -0.1) is 0 Å². The molecule has 0 aromatic heterocycles. The minimum Gasteiger partial charge on any atom is -0.311 e. The van der Waals surface area contributed by atoms with E-state index in [0.717, 1.165) is 24.7 Å². The molecule has 1 N–H and O–H groups in total. The summed E-state index contributed by atoms with van der Waals surface area (Å²) in [4.78, 5) is 2.72. The van der Waals surface area contributed by atoms with Crippen molar-refractivity contribution >= 4 is 11.6 Å². The van der Waals surface area contributed by atoms with Gasteiger partial charge in [-0.2, -0.15) is 0 Å². The average molecular weight is 293 g/mol. The topological polar surface area (TPSA) is 15.3 Å². The van der Waals surface area contributed by atoms with Crippen LogP contribution in [-0.4, -0.2) is 29.6 Å². The molecule has 2 aliphatic rings. The number of halogens is 1. The van der Waals surface area contributed by atoms with Gasteiger partial charge in [0.2, 0.25) is 0 Å². The van der Waals surface area contributed by atoms with Gasteiger partial charge in [0.25, 0.3) is 0 Å². The lowest BCUT2D eigenvalue weighted by Gasteiger charge is -2.51. The third-order valence-corrected chi connectivity index (χ3v) is 5.23. The third-order valence-electron chi connectivity index (χ3n) is 4.99. The maximum atomic E-state index is 6.14. The highest BCUT2D eigenvalue weighted by atomic mass is 35.5. The fraction of sp³-hybridized carbons (Fsp3) is 0.647. The molecule has 1 spiro atoms. The van der Waals surface area contributed by atoms with Gasteiger partial charge < -0.3 is 5.32 Å². The highest BCUT2D eigenvalue weighted by molar-refractivity contribution is 6.30. The van der Waals surface area contributed by atoms with E-state index >= 15 is 0 Å². The molecular weight excluding hydrogens is 268 g/mol. The van der Waals surface area contributed by atoms with E-state index in [0.29, 0.717) is 11.6 Å². The van der Waals surface area contributed by atoms with Crippen LogP contribution in [0.3, 0.4) is 0 Å². The summed E-state index contributed by atoms with van der Waals surface area (Å²) in [5, 5.41) is 4.55. The molecule has 0 radical (unpaired) electrons. The molecule has 1 atom stereocenters. The van der Waals surface area contributed by atoms with Crippen molar-refractivity contribution in [1.82, 2.24) is 10.2 Å². The molecule has 1 aliphatic heterocycles. The highest BCUT2D eigenvalue weighted by Gasteiger charge is 2.41. The van der Waals surface area contributed by atoms with Gasteiger partial charge in [-0.25, -0.2) is 0 Å². The van der Waals surface area contributed by atoms with Gasteiger partial charge in [0, 0.05) is 36.2 Å². The smallest absolute Gasteiger partial charge is 0.0409 e. The molecule has 1 aromatic carbocycles. The molecule has 20 heavy (non-hydrogen) atoms. The molecule has 3 heteroatoms. The standard InChI is InChI=1S/C17H25ClN2/c1-14-11-20(12-15-6-5-7-16(18)10-15)17(13-19-14)8-3-2-4-9-17/h5-7,10,14,19H,2-4,8-9,11-13H2,1H3. The molecule has 1 unspecified atom stereocenters. The van der Waals surface area contributed by atoms with Crippen LogP contribution in [0.5, 0.6) is 0 Å². The minimum absolute atomic E-state index is 0.382. The zero-order chi connectivity index (χ0) is 14.0. The van der Waals surface area contributed by atoms with Crippen molar-refractivity contribution in [2.45, 2.75) is 57.2 Å². The van der Waals surface area contributed by atoms with Crippen LogP contribution in [0.15, 0.2) is 24.3 Å². The number of nitrogens with one attached hydrogen (secondary N) is 1. The van der Waals surface area contributed by atoms with Gasteiger partial charge in [-0.1, -0.05) is 43.0 Å². The second-order valence-electron chi connectivity index (χ2n) is 6.58. The molecule has 0 amide bonds. The summed E-state index contributed by atoms with van der Waals surface area (Å²) in [6.07, 6.45) is 6.84. The molecule has 1 aromatic rings. The average Bonchev–Trinajstić information content (AvgIpc) is 2.45. The van der Waals surface area contributed by atoms with Gasteiger partial charge >= 0.3 is 0 Å². The number of hydrogen-bond acceptors (Lipinski definition) is 2. The van der Waals surface area contributed by atoms with Crippen molar-refractivity contribution in [2.24, 2.45) is 0 Å². The van der Waals surface area contributed by atoms with Crippen LogP contribution in [0.1, 0.15) is 44.6 Å². The Bertz CT molecular complexity index is 454. The predicted octanol–water partition coefficient (Wildman–Crippen LogP) is 3.84. The Kier molecular flexibility index (Phi) is 4.34. The van der Waals surface area contributed by atoms with E-state index in [9.17, 15) is 0 Å². The SMILES string of the molecule is CC1CN(Cc2cccc(Cl)c2)C2(CCCCC2)CN1. The Morgan fingerprint density at radius 3 is 2.85 bits per heavy atom. The fourth-order valence-corrected chi connectivity index (χ4v) is 4.07. The van der Waals surface area contributed by atoms with E-state index in [1.165, 1.54) is 37.7 Å². The number of hydrogen-bond donors (Lipinski definition) is 1. The van der Waals surface area contributed by atoms with Gasteiger partial charge in [0.1, 0.15) is 0 Å². The van der Waals surface area contributed by atoms with Crippen LogP contribution in [-0.2, 0) is 6.54 Å². The van der Waals surface area contributed by atoms with Crippen molar-refractivity contribution in [2.75, 3.05) is 13.1 Å². The van der Waals surface area contributed by atoms with Crippen molar-refractivity contribution in [3.05, 3.63) is 34.9 Å². The summed E-state index contributed by atoms with van der Waals surface area (Å²) in [5.74, 6) is 0. The summed E-state index contributed by atoms with van der Waals surface area (Å²) in [5.41, 5.74) is 1.73. The fourth-order valence-electron chi connectivity index (χ4n) is 3.86. The molecule has 1 aliphatic carbocycles. The first kappa shape index (κ1) is 14.4. The van der Waals surface area contributed by atoms with Crippen LogP contribution in [0.25, 0.3) is 0 Å². The highest BCUT2D eigenvalue weighted by Crippen LogP contribution is 2.36. The Hall–Kier alpha value is -0.570.